The lowest BCUT2D eigenvalue weighted by Gasteiger charge is -2.75. The van der Waals surface area contributed by atoms with Gasteiger partial charge in [-0.15, -0.1) is 0 Å². The molecule has 1 saturated carbocycles. The molecule has 7 rings (SSSR count). The van der Waals surface area contributed by atoms with E-state index in [-0.39, 0.29) is 17.2 Å². The number of hydrogen-bond donors (Lipinski definition) is 3. The van der Waals surface area contributed by atoms with E-state index in [2.05, 4.69) is 0 Å². The fraction of sp³-hybridized carbons (Fsp3) is 0.720. The van der Waals surface area contributed by atoms with Crippen LogP contribution in [0.5, 0.6) is 11.5 Å². The molecular formula is C25H32O8. The number of ether oxygens (including phenoxy) is 4. The highest BCUT2D eigenvalue weighted by Gasteiger charge is 2.81. The van der Waals surface area contributed by atoms with E-state index < -0.39 is 46.4 Å². The fourth-order valence-corrected chi connectivity index (χ4v) is 7.31. The number of phenols is 1. The first-order valence-corrected chi connectivity index (χ1v) is 11.9. The van der Waals surface area contributed by atoms with Gasteiger partial charge < -0.3 is 34.3 Å². The number of aliphatic hydroxyl groups excluding tert-OH is 1. The summed E-state index contributed by atoms with van der Waals surface area (Å²) in [4.78, 5) is 12.7. The maximum absolute atomic E-state index is 12.7. The zero-order valence-electron chi connectivity index (χ0n) is 19.7. The molecule has 180 valence electrons. The lowest BCUT2D eigenvalue weighted by molar-refractivity contribution is -0.543. The van der Waals surface area contributed by atoms with E-state index in [1.807, 2.05) is 27.7 Å². The van der Waals surface area contributed by atoms with Gasteiger partial charge in [0, 0.05) is 42.4 Å². The second-order valence-corrected chi connectivity index (χ2v) is 11.3. The van der Waals surface area contributed by atoms with Crippen LogP contribution in [-0.2, 0) is 20.6 Å². The molecule has 1 aromatic rings. The third-order valence-electron chi connectivity index (χ3n) is 9.50. The predicted molar refractivity (Wildman–Crippen MR) is 115 cm³/mol. The third-order valence-corrected chi connectivity index (χ3v) is 9.50. The number of esters is 1. The second kappa shape index (κ2) is 6.03. The highest BCUT2D eigenvalue weighted by molar-refractivity contribution is 5.96. The van der Waals surface area contributed by atoms with Gasteiger partial charge in [0.25, 0.3) is 0 Å². The molecule has 4 fully saturated rings. The molecule has 3 N–H and O–H groups in total. The number of hydrogen-bond acceptors (Lipinski definition) is 8. The summed E-state index contributed by atoms with van der Waals surface area (Å²) in [5.41, 5.74) is -1.64. The lowest BCUT2D eigenvalue weighted by atomic mass is 9.47. The molecule has 1 aliphatic carbocycles. The van der Waals surface area contributed by atoms with Gasteiger partial charge in [-0.3, -0.25) is 0 Å². The van der Waals surface area contributed by atoms with Crippen molar-refractivity contribution >= 4 is 5.97 Å². The molecule has 33 heavy (non-hydrogen) atoms. The Hall–Kier alpha value is -1.87. The van der Waals surface area contributed by atoms with E-state index in [1.165, 1.54) is 6.07 Å². The van der Waals surface area contributed by atoms with Crippen LogP contribution in [0, 0.1) is 11.3 Å². The fourth-order valence-electron chi connectivity index (χ4n) is 7.31. The van der Waals surface area contributed by atoms with E-state index in [9.17, 15) is 20.1 Å². The lowest BCUT2D eigenvalue weighted by Crippen LogP contribution is -2.86. The van der Waals surface area contributed by atoms with Crippen LogP contribution in [0.3, 0.4) is 0 Å². The van der Waals surface area contributed by atoms with Gasteiger partial charge in [-0.25, -0.2) is 4.79 Å². The van der Waals surface area contributed by atoms with E-state index in [0.717, 1.165) is 0 Å². The SMILES string of the molecule is CC(C)[C@@]12CC[C@]3(C)[C@]4(Cc5c(cc(O)c6c5[C@@H](O)[C@@H](C)OC6=O)O[C@]4(C)CC[C@]3(O)O1)O2. The molecule has 8 heteroatoms. The van der Waals surface area contributed by atoms with Crippen molar-refractivity contribution in [1.29, 1.82) is 0 Å². The molecule has 0 amide bonds. The minimum Gasteiger partial charge on any atom is -0.507 e. The monoisotopic (exact) mass is 460 g/mol. The van der Waals surface area contributed by atoms with E-state index in [1.54, 1.807) is 6.92 Å². The molecule has 0 unspecified atom stereocenters. The molecule has 3 saturated heterocycles. The highest BCUT2D eigenvalue weighted by atomic mass is 16.8. The Labute approximate surface area is 192 Å². The van der Waals surface area contributed by atoms with Gasteiger partial charge >= 0.3 is 5.97 Å². The molecule has 5 aliphatic heterocycles. The Morgan fingerprint density at radius 2 is 1.85 bits per heavy atom. The van der Waals surface area contributed by atoms with Crippen LogP contribution in [-0.4, -0.2) is 50.2 Å². The van der Waals surface area contributed by atoms with Gasteiger partial charge in [0.1, 0.15) is 40.5 Å². The number of carbonyl (C=O) groups is 1. The summed E-state index contributed by atoms with van der Waals surface area (Å²) in [6.07, 6.45) is 0.674. The van der Waals surface area contributed by atoms with Gasteiger partial charge in [-0.2, -0.15) is 0 Å². The van der Waals surface area contributed by atoms with Crippen LogP contribution in [0.1, 0.15) is 87.9 Å². The summed E-state index contributed by atoms with van der Waals surface area (Å²) in [6, 6.07) is 1.44. The topological polar surface area (TPSA) is 115 Å². The summed E-state index contributed by atoms with van der Waals surface area (Å²) in [5.74, 6) is -2.87. The molecule has 8 nitrogen and oxygen atoms in total. The van der Waals surface area contributed by atoms with Crippen LogP contribution in [0.4, 0.5) is 0 Å². The van der Waals surface area contributed by atoms with Crippen LogP contribution in [0.15, 0.2) is 6.07 Å². The summed E-state index contributed by atoms with van der Waals surface area (Å²) >= 11 is 0. The maximum atomic E-state index is 12.7. The Morgan fingerprint density at radius 3 is 2.55 bits per heavy atom. The van der Waals surface area contributed by atoms with Crippen LogP contribution in [0.25, 0.3) is 0 Å². The Balaban J connectivity index is 1.61. The summed E-state index contributed by atoms with van der Waals surface area (Å²) in [6.45, 7) is 9.68. The van der Waals surface area contributed by atoms with E-state index >= 15 is 0 Å². The van der Waals surface area contributed by atoms with Crippen LogP contribution < -0.4 is 4.74 Å². The number of fused-ring (bicyclic) bond motifs is 4. The molecule has 5 heterocycles. The number of carbonyl (C=O) groups excluding carboxylic acids is 1. The quantitative estimate of drug-likeness (QED) is 0.548. The van der Waals surface area contributed by atoms with Gasteiger partial charge in [0.15, 0.2) is 11.6 Å². The van der Waals surface area contributed by atoms with Gasteiger partial charge in [0.2, 0.25) is 0 Å². The first-order chi connectivity index (χ1) is 15.3. The zero-order chi connectivity index (χ0) is 23.8. The normalized spacial score (nSPS) is 47.3. The van der Waals surface area contributed by atoms with Gasteiger partial charge in [-0.05, 0) is 26.7 Å². The predicted octanol–water partition coefficient (Wildman–Crippen LogP) is 3.10. The third kappa shape index (κ3) is 2.24. The molecule has 7 atom stereocenters. The van der Waals surface area contributed by atoms with Crippen molar-refractivity contribution < 1.29 is 39.1 Å². The van der Waals surface area contributed by atoms with Crippen molar-refractivity contribution in [3.05, 3.63) is 22.8 Å². The van der Waals surface area contributed by atoms with Gasteiger partial charge in [-0.1, -0.05) is 20.8 Å². The summed E-state index contributed by atoms with van der Waals surface area (Å²) in [5, 5.41) is 33.6. The standard InChI is InChI=1S/C25H32O8/c1-12(2)23-8-6-21(4)24(32-23)11-14-16(31-22(24,5)7-9-25(21,29)33-23)10-15(26)18-17(14)19(27)13(3)30-20(18)28/h10,12-13,19,26-27,29H,6-9,11H2,1-5H3/t13-,19+,21-,22-,23-,24+,25+/m1/s1. The van der Waals surface area contributed by atoms with Crippen LogP contribution in [0.2, 0.25) is 0 Å². The largest absolute Gasteiger partial charge is 0.507 e. The van der Waals surface area contributed by atoms with Crippen molar-refractivity contribution in [2.75, 3.05) is 0 Å². The average molecular weight is 461 g/mol. The molecule has 1 aromatic carbocycles. The van der Waals surface area contributed by atoms with E-state index in [4.69, 9.17) is 18.9 Å². The zero-order valence-corrected chi connectivity index (χ0v) is 19.7. The Kier molecular flexibility index (Phi) is 3.95. The molecule has 0 radical (unpaired) electrons. The molecule has 4 bridgehead atoms. The highest BCUT2D eigenvalue weighted by Crippen LogP contribution is 2.72. The van der Waals surface area contributed by atoms with Crippen molar-refractivity contribution in [1.82, 2.24) is 0 Å². The first kappa shape index (κ1) is 21.6. The number of benzene rings is 1. The van der Waals surface area contributed by atoms with Gasteiger partial charge in [0.05, 0.1) is 5.41 Å². The molecule has 0 aromatic heterocycles. The second-order valence-electron chi connectivity index (χ2n) is 11.3. The Bertz CT molecular complexity index is 1080. The first-order valence-electron chi connectivity index (χ1n) is 11.9. The molecule has 1 spiro atoms. The number of rotatable bonds is 1. The number of aromatic hydroxyl groups is 1. The smallest absolute Gasteiger partial charge is 0.342 e. The Morgan fingerprint density at radius 1 is 1.12 bits per heavy atom. The molecule has 6 aliphatic rings. The summed E-state index contributed by atoms with van der Waals surface area (Å²) < 4.78 is 25.2. The number of cyclic esters (lactones) is 1. The average Bonchev–Trinajstić information content (AvgIpc) is 2.72. The van der Waals surface area contributed by atoms with Crippen molar-refractivity contribution in [2.45, 2.75) is 102 Å². The maximum Gasteiger partial charge on any atom is 0.342 e. The van der Waals surface area contributed by atoms with E-state index in [0.29, 0.717) is 49.0 Å². The van der Waals surface area contributed by atoms with Crippen molar-refractivity contribution in [3.8, 4) is 11.5 Å². The molecular weight excluding hydrogens is 428 g/mol. The van der Waals surface area contributed by atoms with Crippen LogP contribution >= 0.6 is 0 Å². The number of aliphatic hydroxyl groups is 2. The number of phenolic OH excluding ortho intramolecular Hbond substituents is 1. The van der Waals surface area contributed by atoms with Crippen molar-refractivity contribution in [2.24, 2.45) is 11.3 Å². The minimum absolute atomic E-state index is 0.0104. The minimum atomic E-state index is -1.38. The van der Waals surface area contributed by atoms with Crippen molar-refractivity contribution in [3.63, 3.8) is 0 Å². The summed E-state index contributed by atoms with van der Waals surface area (Å²) in [7, 11) is 0.